The second-order valence-corrected chi connectivity index (χ2v) is 3.33. The van der Waals surface area contributed by atoms with Crippen LogP contribution in [0, 0.1) is 23.5 Å². The lowest BCUT2D eigenvalue weighted by Gasteiger charge is -2.08. The third-order valence-electron chi connectivity index (χ3n) is 2.00. The van der Waals surface area contributed by atoms with Crippen molar-refractivity contribution in [2.45, 2.75) is 13.8 Å². The van der Waals surface area contributed by atoms with Crippen molar-refractivity contribution < 1.29 is 14.3 Å². The molecule has 1 aromatic heterocycles. The summed E-state index contributed by atoms with van der Waals surface area (Å²) in [5, 5.41) is 20.0. The second-order valence-electron chi connectivity index (χ2n) is 2.97. The number of halogens is 1. The molecule has 84 valence electrons. The summed E-state index contributed by atoms with van der Waals surface area (Å²) in [6.45, 7) is 3.29. The number of nitriles is 1. The van der Waals surface area contributed by atoms with Crippen molar-refractivity contribution in [3.8, 4) is 6.07 Å². The summed E-state index contributed by atoms with van der Waals surface area (Å²) < 4.78 is 5.10. The van der Waals surface area contributed by atoms with Gasteiger partial charge in [-0.2, -0.15) is 9.99 Å². The standard InChI is InChI=1S/C10H9ClN2O3/c1-3-16-10(14)8-4-7(5-12)9(11)13(15)6(8)2/h4H,3H2,1-2H3. The molecule has 1 heterocycles. The highest BCUT2D eigenvalue weighted by atomic mass is 35.5. The highest BCUT2D eigenvalue weighted by Gasteiger charge is 2.22. The molecule has 0 radical (unpaired) electrons. The molecule has 6 heteroatoms. The maximum absolute atomic E-state index is 11.5. The largest absolute Gasteiger partial charge is 0.617 e. The Labute approximate surface area is 97.4 Å². The fourth-order valence-electron chi connectivity index (χ4n) is 1.17. The molecular weight excluding hydrogens is 232 g/mol. The van der Waals surface area contributed by atoms with Crippen molar-refractivity contribution in [3.63, 3.8) is 0 Å². The zero-order valence-electron chi connectivity index (χ0n) is 8.78. The molecule has 16 heavy (non-hydrogen) atoms. The quantitative estimate of drug-likeness (QED) is 0.338. The molecule has 0 spiro atoms. The minimum absolute atomic E-state index is 0.0506. The number of rotatable bonds is 2. The van der Waals surface area contributed by atoms with Gasteiger partial charge in [-0.1, -0.05) is 0 Å². The molecule has 0 aliphatic rings. The molecule has 0 saturated carbocycles. The first-order valence-electron chi connectivity index (χ1n) is 4.52. The Morgan fingerprint density at radius 3 is 2.88 bits per heavy atom. The van der Waals surface area contributed by atoms with Gasteiger partial charge < -0.3 is 9.94 Å². The Hall–Kier alpha value is -1.80. The van der Waals surface area contributed by atoms with Gasteiger partial charge in [-0.25, -0.2) is 4.79 Å². The van der Waals surface area contributed by atoms with Crippen LogP contribution in [0.5, 0.6) is 0 Å². The van der Waals surface area contributed by atoms with Gasteiger partial charge in [-0.15, -0.1) is 0 Å². The van der Waals surface area contributed by atoms with Gasteiger partial charge in [-0.3, -0.25) is 0 Å². The third-order valence-corrected chi connectivity index (χ3v) is 2.36. The number of pyridine rings is 1. The highest BCUT2D eigenvalue weighted by molar-refractivity contribution is 6.29. The normalized spacial score (nSPS) is 9.62. The van der Waals surface area contributed by atoms with E-state index in [0.29, 0.717) is 4.73 Å². The molecule has 0 N–H and O–H groups in total. The number of carbonyl (C=O) groups is 1. The first kappa shape index (κ1) is 12.3. The van der Waals surface area contributed by atoms with E-state index in [-0.39, 0.29) is 28.6 Å². The van der Waals surface area contributed by atoms with Crippen LogP contribution >= 0.6 is 11.6 Å². The smallest absolute Gasteiger partial charge is 0.344 e. The molecule has 5 nitrogen and oxygen atoms in total. The van der Waals surface area contributed by atoms with E-state index in [1.54, 1.807) is 13.0 Å². The number of esters is 1. The molecule has 0 fully saturated rings. The van der Waals surface area contributed by atoms with E-state index in [0.717, 1.165) is 0 Å². The van der Waals surface area contributed by atoms with E-state index >= 15 is 0 Å². The van der Waals surface area contributed by atoms with Crippen LogP contribution in [0.2, 0.25) is 5.15 Å². The lowest BCUT2D eigenvalue weighted by molar-refractivity contribution is -0.610. The summed E-state index contributed by atoms with van der Waals surface area (Å²) in [5.74, 6) is -0.641. The monoisotopic (exact) mass is 240 g/mol. The van der Waals surface area contributed by atoms with Gasteiger partial charge >= 0.3 is 11.1 Å². The summed E-state index contributed by atoms with van der Waals surface area (Å²) in [5.41, 5.74) is 0.116. The Kier molecular flexibility index (Phi) is 3.69. The van der Waals surface area contributed by atoms with Crippen LogP contribution in [-0.4, -0.2) is 12.6 Å². The zero-order valence-corrected chi connectivity index (χ0v) is 9.54. The number of ether oxygens (including phenoxy) is 1. The number of carbonyl (C=O) groups excluding carboxylic acids is 1. The van der Waals surface area contributed by atoms with Crippen LogP contribution in [0.3, 0.4) is 0 Å². The average molecular weight is 241 g/mol. The summed E-state index contributed by atoms with van der Waals surface area (Å²) in [7, 11) is 0. The second kappa shape index (κ2) is 4.81. The Morgan fingerprint density at radius 1 is 1.75 bits per heavy atom. The summed E-state index contributed by atoms with van der Waals surface area (Å²) >= 11 is 5.63. The molecule has 0 amide bonds. The van der Waals surface area contributed by atoms with Crippen molar-refractivity contribution in [2.24, 2.45) is 0 Å². The number of aromatic nitrogens is 1. The van der Waals surface area contributed by atoms with Crippen LogP contribution < -0.4 is 4.73 Å². The first-order chi connectivity index (χ1) is 7.52. The van der Waals surface area contributed by atoms with E-state index in [1.807, 2.05) is 0 Å². The van der Waals surface area contributed by atoms with Crippen molar-refractivity contribution in [1.29, 1.82) is 5.26 Å². The van der Waals surface area contributed by atoms with Gasteiger partial charge in [0, 0.05) is 6.92 Å². The van der Waals surface area contributed by atoms with Gasteiger partial charge in [-0.05, 0) is 24.6 Å². The molecule has 0 unspecified atom stereocenters. The topological polar surface area (TPSA) is 77.0 Å². The van der Waals surface area contributed by atoms with Crippen LogP contribution in [0.15, 0.2) is 6.07 Å². The minimum atomic E-state index is -0.641. The van der Waals surface area contributed by atoms with Crippen LogP contribution in [0.4, 0.5) is 0 Å². The number of hydrogen-bond acceptors (Lipinski definition) is 4. The predicted octanol–water partition coefficient (Wildman–Crippen LogP) is 1.33. The molecule has 0 saturated heterocycles. The van der Waals surface area contributed by atoms with Crippen molar-refractivity contribution >= 4 is 17.6 Å². The minimum Gasteiger partial charge on any atom is -0.617 e. The lowest BCUT2D eigenvalue weighted by atomic mass is 10.1. The van der Waals surface area contributed by atoms with Crippen molar-refractivity contribution in [2.75, 3.05) is 6.61 Å². The number of hydrogen-bond donors (Lipinski definition) is 0. The van der Waals surface area contributed by atoms with Crippen LogP contribution in [-0.2, 0) is 4.74 Å². The van der Waals surface area contributed by atoms with Crippen LogP contribution in [0.1, 0.15) is 28.5 Å². The molecule has 1 aromatic rings. The SMILES string of the molecule is CCOC(=O)c1cc(C#N)c(Cl)[n+]([O-])c1C. The molecule has 0 bridgehead atoms. The predicted molar refractivity (Wildman–Crippen MR) is 55.8 cm³/mol. The summed E-state index contributed by atoms with van der Waals surface area (Å²) in [6, 6.07) is 2.99. The fraction of sp³-hybridized carbons (Fsp3) is 0.300. The van der Waals surface area contributed by atoms with E-state index in [1.165, 1.54) is 13.0 Å². The Bertz CT molecular complexity index is 480. The Balaban J connectivity index is 3.37. The zero-order chi connectivity index (χ0) is 12.3. The molecule has 0 aliphatic carbocycles. The average Bonchev–Trinajstić information content (AvgIpc) is 2.27. The van der Waals surface area contributed by atoms with Crippen molar-refractivity contribution in [1.82, 2.24) is 0 Å². The molecular formula is C10H9ClN2O3. The summed E-state index contributed by atoms with van der Waals surface area (Å²) in [4.78, 5) is 11.5. The Morgan fingerprint density at radius 2 is 2.38 bits per heavy atom. The first-order valence-corrected chi connectivity index (χ1v) is 4.90. The fourth-order valence-corrected chi connectivity index (χ4v) is 1.39. The molecule has 1 rings (SSSR count). The van der Waals surface area contributed by atoms with Gasteiger partial charge in [0.1, 0.15) is 17.2 Å². The maximum Gasteiger partial charge on any atom is 0.344 e. The maximum atomic E-state index is 11.5. The number of nitrogens with zero attached hydrogens (tertiary/aromatic N) is 2. The van der Waals surface area contributed by atoms with Gasteiger partial charge in [0.25, 0.3) is 0 Å². The molecule has 0 aliphatic heterocycles. The lowest BCUT2D eigenvalue weighted by Crippen LogP contribution is -2.35. The van der Waals surface area contributed by atoms with Gasteiger partial charge in [0.2, 0.25) is 5.69 Å². The van der Waals surface area contributed by atoms with Crippen molar-refractivity contribution in [3.05, 3.63) is 33.2 Å². The molecule has 0 atom stereocenters. The molecule has 0 aromatic carbocycles. The third kappa shape index (κ3) is 2.07. The van der Waals surface area contributed by atoms with Gasteiger partial charge in [0.15, 0.2) is 0 Å². The van der Waals surface area contributed by atoms with E-state index < -0.39 is 5.97 Å². The van der Waals surface area contributed by atoms with E-state index in [4.69, 9.17) is 21.6 Å². The summed E-state index contributed by atoms with van der Waals surface area (Å²) in [6.07, 6.45) is 0. The highest BCUT2D eigenvalue weighted by Crippen LogP contribution is 2.15. The van der Waals surface area contributed by atoms with E-state index in [9.17, 15) is 10.0 Å². The van der Waals surface area contributed by atoms with Gasteiger partial charge in [0.05, 0.1) is 6.61 Å². The van der Waals surface area contributed by atoms with E-state index in [2.05, 4.69) is 0 Å². The van der Waals surface area contributed by atoms with Crippen LogP contribution in [0.25, 0.3) is 0 Å².